The van der Waals surface area contributed by atoms with Crippen molar-refractivity contribution < 1.29 is 4.42 Å². The second-order valence-corrected chi connectivity index (χ2v) is 8.21. The van der Waals surface area contributed by atoms with Crippen LogP contribution in [0.2, 0.25) is 0 Å². The van der Waals surface area contributed by atoms with Gasteiger partial charge in [-0.2, -0.15) is 0 Å². The van der Waals surface area contributed by atoms with E-state index in [4.69, 9.17) is 14.4 Å². The number of oxazole rings is 1. The monoisotopic (exact) mass is 391 g/mol. The molecule has 0 aromatic carbocycles. The fourth-order valence-electron chi connectivity index (χ4n) is 3.68. The smallest absolute Gasteiger partial charge is 0.213 e. The Morgan fingerprint density at radius 1 is 1.14 bits per heavy atom. The van der Waals surface area contributed by atoms with Crippen molar-refractivity contribution in [3.05, 3.63) is 52.3 Å². The highest BCUT2D eigenvalue weighted by Crippen LogP contribution is 2.39. The Labute approximate surface area is 167 Å². The quantitative estimate of drug-likeness (QED) is 0.536. The molecule has 6 nitrogen and oxygen atoms in total. The van der Waals surface area contributed by atoms with E-state index in [1.54, 1.807) is 23.7 Å². The highest BCUT2D eigenvalue weighted by Gasteiger charge is 2.22. The van der Waals surface area contributed by atoms with Gasteiger partial charge in [-0.1, -0.05) is 0 Å². The van der Waals surface area contributed by atoms with Crippen molar-refractivity contribution in [2.75, 3.05) is 5.32 Å². The van der Waals surface area contributed by atoms with Crippen molar-refractivity contribution in [3.8, 4) is 11.4 Å². The van der Waals surface area contributed by atoms with Crippen LogP contribution in [0.5, 0.6) is 0 Å². The van der Waals surface area contributed by atoms with E-state index in [1.165, 1.54) is 23.3 Å². The van der Waals surface area contributed by atoms with Gasteiger partial charge in [-0.25, -0.2) is 15.0 Å². The fourth-order valence-corrected chi connectivity index (χ4v) is 4.94. The third-order valence-electron chi connectivity index (χ3n) is 5.21. The number of aromatic nitrogens is 4. The summed E-state index contributed by atoms with van der Waals surface area (Å²) in [5.74, 6) is 3.08. The highest BCUT2D eigenvalue weighted by atomic mass is 32.1. The molecule has 0 fully saturated rings. The van der Waals surface area contributed by atoms with Crippen molar-refractivity contribution in [3.63, 3.8) is 0 Å². The largest absolute Gasteiger partial charge is 0.444 e. The molecule has 4 aromatic heterocycles. The number of rotatable bonds is 4. The topological polar surface area (TPSA) is 76.7 Å². The summed E-state index contributed by atoms with van der Waals surface area (Å²) in [6, 6.07) is 3.90. The zero-order valence-electron chi connectivity index (χ0n) is 16.0. The van der Waals surface area contributed by atoms with Crippen molar-refractivity contribution in [2.45, 2.75) is 46.1 Å². The van der Waals surface area contributed by atoms with Crippen LogP contribution in [0.3, 0.4) is 0 Å². The lowest BCUT2D eigenvalue weighted by Gasteiger charge is -2.13. The van der Waals surface area contributed by atoms with Crippen molar-refractivity contribution in [2.24, 2.45) is 0 Å². The van der Waals surface area contributed by atoms with Gasteiger partial charge in [-0.3, -0.25) is 4.98 Å². The molecule has 7 heteroatoms. The van der Waals surface area contributed by atoms with Gasteiger partial charge in [0.05, 0.1) is 17.6 Å². The summed E-state index contributed by atoms with van der Waals surface area (Å²) in [4.78, 5) is 20.9. The first-order chi connectivity index (χ1) is 13.7. The first-order valence-corrected chi connectivity index (χ1v) is 10.4. The molecule has 4 aromatic rings. The summed E-state index contributed by atoms with van der Waals surface area (Å²) in [6.07, 6.45) is 8.27. The molecule has 28 heavy (non-hydrogen) atoms. The fraction of sp³-hybridized carbons (Fsp3) is 0.333. The molecule has 0 bridgehead atoms. The van der Waals surface area contributed by atoms with Crippen LogP contribution in [0.25, 0.3) is 21.6 Å². The molecule has 1 N–H and O–H groups in total. The summed E-state index contributed by atoms with van der Waals surface area (Å²) < 4.78 is 5.73. The van der Waals surface area contributed by atoms with Crippen LogP contribution in [-0.4, -0.2) is 19.9 Å². The van der Waals surface area contributed by atoms with Gasteiger partial charge < -0.3 is 9.73 Å². The molecule has 4 heterocycles. The minimum absolute atomic E-state index is 0.498. The van der Waals surface area contributed by atoms with Crippen molar-refractivity contribution in [1.82, 2.24) is 19.9 Å². The standard InChI is InChI=1S/C21H21N5OS/c1-12-13(2)27-17(24-12)11-23-20-18-15-7-3-4-8-16(15)28-21(18)26-19(25-20)14-6-5-9-22-10-14/h5-6,9-10H,3-4,7-8,11H2,1-2H3,(H,23,25,26). The Kier molecular flexibility index (Phi) is 4.31. The number of hydrogen-bond acceptors (Lipinski definition) is 7. The second-order valence-electron chi connectivity index (χ2n) is 7.13. The number of pyridine rings is 1. The van der Waals surface area contributed by atoms with E-state index < -0.39 is 0 Å². The average Bonchev–Trinajstić information content (AvgIpc) is 3.26. The van der Waals surface area contributed by atoms with Gasteiger partial charge in [-0.15, -0.1) is 11.3 Å². The maximum atomic E-state index is 5.73. The molecule has 0 saturated carbocycles. The van der Waals surface area contributed by atoms with E-state index in [1.807, 2.05) is 26.0 Å². The number of fused-ring (bicyclic) bond motifs is 3. The molecular formula is C21H21N5OS. The summed E-state index contributed by atoms with van der Waals surface area (Å²) in [6.45, 7) is 4.39. The van der Waals surface area contributed by atoms with Crippen LogP contribution in [0.1, 0.15) is 40.6 Å². The van der Waals surface area contributed by atoms with Gasteiger partial charge in [0.2, 0.25) is 5.89 Å². The molecule has 0 atom stereocenters. The van der Waals surface area contributed by atoms with Crippen LogP contribution in [0.4, 0.5) is 5.82 Å². The molecule has 0 spiro atoms. The first kappa shape index (κ1) is 17.3. The maximum Gasteiger partial charge on any atom is 0.213 e. The molecule has 0 radical (unpaired) electrons. The molecule has 0 amide bonds. The predicted octanol–water partition coefficient (Wildman–Crippen LogP) is 4.85. The van der Waals surface area contributed by atoms with Crippen LogP contribution >= 0.6 is 11.3 Å². The number of thiophene rings is 1. The molecule has 142 valence electrons. The highest BCUT2D eigenvalue weighted by molar-refractivity contribution is 7.19. The van der Waals surface area contributed by atoms with Crippen LogP contribution < -0.4 is 5.32 Å². The Morgan fingerprint density at radius 2 is 2.04 bits per heavy atom. The SMILES string of the molecule is Cc1nc(CNc2nc(-c3cccnc3)nc3sc4c(c23)CCCC4)oc1C. The van der Waals surface area contributed by atoms with Crippen molar-refractivity contribution >= 4 is 27.4 Å². The summed E-state index contributed by atoms with van der Waals surface area (Å²) in [5.41, 5.74) is 3.25. The lowest BCUT2D eigenvalue weighted by atomic mass is 9.97. The summed E-state index contributed by atoms with van der Waals surface area (Å²) >= 11 is 1.80. The van der Waals surface area contributed by atoms with Crippen LogP contribution in [-0.2, 0) is 19.4 Å². The second kappa shape index (κ2) is 6.98. The lowest BCUT2D eigenvalue weighted by molar-refractivity contribution is 0.478. The van der Waals surface area contributed by atoms with Gasteiger partial charge in [-0.05, 0) is 57.2 Å². The number of hydrogen-bond donors (Lipinski definition) is 1. The minimum atomic E-state index is 0.498. The number of anilines is 1. The number of nitrogens with zero attached hydrogens (tertiary/aromatic N) is 4. The van der Waals surface area contributed by atoms with E-state index >= 15 is 0 Å². The predicted molar refractivity (Wildman–Crippen MR) is 111 cm³/mol. The Balaban J connectivity index is 1.60. The minimum Gasteiger partial charge on any atom is -0.444 e. The zero-order chi connectivity index (χ0) is 19.1. The zero-order valence-corrected chi connectivity index (χ0v) is 16.8. The van der Waals surface area contributed by atoms with Crippen molar-refractivity contribution in [1.29, 1.82) is 0 Å². The maximum absolute atomic E-state index is 5.73. The summed E-state index contributed by atoms with van der Waals surface area (Å²) in [7, 11) is 0. The molecular weight excluding hydrogens is 370 g/mol. The van der Waals surface area contributed by atoms with E-state index in [-0.39, 0.29) is 0 Å². The van der Waals surface area contributed by atoms with E-state index in [0.29, 0.717) is 18.3 Å². The molecule has 0 aliphatic heterocycles. The van der Waals surface area contributed by atoms with Gasteiger partial charge >= 0.3 is 0 Å². The van der Waals surface area contributed by atoms with E-state index in [9.17, 15) is 0 Å². The average molecular weight is 392 g/mol. The number of nitrogens with one attached hydrogen (secondary N) is 1. The Bertz CT molecular complexity index is 1130. The molecule has 1 aliphatic carbocycles. The molecule has 0 saturated heterocycles. The van der Waals surface area contributed by atoms with E-state index in [0.717, 1.165) is 45.9 Å². The number of aryl methyl sites for hydroxylation is 4. The first-order valence-electron chi connectivity index (χ1n) is 9.58. The molecule has 0 unspecified atom stereocenters. The molecule has 1 aliphatic rings. The Morgan fingerprint density at radius 3 is 2.82 bits per heavy atom. The normalized spacial score (nSPS) is 13.6. The third-order valence-corrected chi connectivity index (χ3v) is 6.40. The Hall–Kier alpha value is -2.80. The summed E-state index contributed by atoms with van der Waals surface area (Å²) in [5, 5.41) is 4.63. The van der Waals surface area contributed by atoms with Gasteiger partial charge in [0.15, 0.2) is 5.82 Å². The van der Waals surface area contributed by atoms with Gasteiger partial charge in [0.25, 0.3) is 0 Å². The van der Waals surface area contributed by atoms with Gasteiger partial charge in [0, 0.05) is 22.8 Å². The molecule has 5 rings (SSSR count). The van der Waals surface area contributed by atoms with Crippen LogP contribution in [0.15, 0.2) is 28.9 Å². The third kappa shape index (κ3) is 3.05. The lowest BCUT2D eigenvalue weighted by Crippen LogP contribution is -2.06. The van der Waals surface area contributed by atoms with Crippen LogP contribution in [0, 0.1) is 13.8 Å². The van der Waals surface area contributed by atoms with E-state index in [2.05, 4.69) is 15.3 Å². The van der Waals surface area contributed by atoms with Gasteiger partial charge in [0.1, 0.15) is 16.4 Å².